The average molecular weight is 264 g/mol. The van der Waals surface area contributed by atoms with Gasteiger partial charge in [-0.05, 0) is 37.3 Å². The number of hydrogen-bond acceptors (Lipinski definition) is 6. The number of nitrogens with two attached hydrogens (primary N) is 1. The van der Waals surface area contributed by atoms with Crippen LogP contribution in [0, 0.1) is 0 Å². The number of hydrogen-bond donors (Lipinski definition) is 1. The Labute approximate surface area is 110 Å². The van der Waals surface area contributed by atoms with Crippen molar-refractivity contribution in [1.29, 1.82) is 0 Å². The Bertz CT molecular complexity index is 548. The van der Waals surface area contributed by atoms with Crippen LogP contribution in [-0.4, -0.2) is 16.7 Å². The second kappa shape index (κ2) is 4.37. The number of fused-ring (bicyclic) bond motifs is 1. The minimum Gasteiger partial charge on any atom is -0.406 e. The summed E-state index contributed by atoms with van der Waals surface area (Å²) in [5, 5.41) is 10.2. The lowest BCUT2D eigenvalue weighted by Crippen LogP contribution is -2.33. The highest BCUT2D eigenvalue weighted by molar-refractivity contribution is 7.10. The van der Waals surface area contributed by atoms with Crippen molar-refractivity contribution in [3.05, 3.63) is 27.8 Å². The lowest BCUT2D eigenvalue weighted by molar-refractivity contribution is 0.441. The first-order valence-electron chi connectivity index (χ1n) is 6.08. The molecule has 2 N–H and O–H groups in total. The van der Waals surface area contributed by atoms with Gasteiger partial charge < -0.3 is 15.1 Å². The summed E-state index contributed by atoms with van der Waals surface area (Å²) >= 11 is 1.82. The van der Waals surface area contributed by atoms with E-state index in [1.165, 1.54) is 10.4 Å². The molecule has 0 amide bonds. The molecule has 5 nitrogen and oxygen atoms in total. The van der Waals surface area contributed by atoms with Gasteiger partial charge in [-0.3, -0.25) is 0 Å². The van der Waals surface area contributed by atoms with Crippen molar-refractivity contribution >= 4 is 17.4 Å². The number of nitrogens with zero attached hydrogens (tertiary/aromatic N) is 3. The van der Waals surface area contributed by atoms with E-state index >= 15 is 0 Å². The molecule has 0 bridgehead atoms. The Hall–Kier alpha value is -1.40. The maximum Gasteiger partial charge on any atom is 0.318 e. The van der Waals surface area contributed by atoms with Crippen LogP contribution in [0.4, 0.5) is 6.01 Å². The molecule has 6 heteroatoms. The minimum atomic E-state index is -0.219. The van der Waals surface area contributed by atoms with Crippen molar-refractivity contribution in [2.24, 2.45) is 5.73 Å². The molecule has 3 heterocycles. The maximum absolute atomic E-state index is 5.74. The molecule has 3 rings (SSSR count). The number of rotatable bonds is 2. The van der Waals surface area contributed by atoms with Gasteiger partial charge >= 0.3 is 6.01 Å². The van der Waals surface area contributed by atoms with E-state index in [1.54, 1.807) is 0 Å². The van der Waals surface area contributed by atoms with Gasteiger partial charge in [-0.2, -0.15) is 0 Å². The van der Waals surface area contributed by atoms with Gasteiger partial charge in [-0.1, -0.05) is 5.10 Å². The van der Waals surface area contributed by atoms with Crippen LogP contribution in [0.1, 0.15) is 42.3 Å². The molecule has 2 unspecified atom stereocenters. The van der Waals surface area contributed by atoms with Crippen LogP contribution < -0.4 is 10.6 Å². The second-order valence-corrected chi connectivity index (χ2v) is 5.63. The highest BCUT2D eigenvalue weighted by Gasteiger charge is 2.28. The lowest BCUT2D eigenvalue weighted by Gasteiger charge is -2.31. The summed E-state index contributed by atoms with van der Waals surface area (Å²) < 4.78 is 5.63. The van der Waals surface area contributed by atoms with Crippen molar-refractivity contribution < 1.29 is 4.42 Å². The predicted molar refractivity (Wildman–Crippen MR) is 70.7 cm³/mol. The monoisotopic (exact) mass is 264 g/mol. The standard InChI is InChI=1S/C12H16N4OS/c1-7(13)11-14-15-12(17-11)16-5-3-10-9(8(16)2)4-6-18-10/h4,6-8H,3,5,13H2,1-2H3. The third-order valence-corrected chi connectivity index (χ3v) is 4.34. The van der Waals surface area contributed by atoms with Gasteiger partial charge in [0.25, 0.3) is 0 Å². The van der Waals surface area contributed by atoms with Crippen LogP contribution >= 0.6 is 11.3 Å². The SMILES string of the molecule is CC(N)c1nnc(N2CCc3sccc3C2C)o1. The molecule has 18 heavy (non-hydrogen) atoms. The van der Waals surface area contributed by atoms with Crippen LogP contribution in [0.2, 0.25) is 0 Å². The van der Waals surface area contributed by atoms with Gasteiger partial charge in [0.05, 0.1) is 12.1 Å². The molecule has 0 radical (unpaired) electrons. The molecule has 0 aromatic carbocycles. The van der Waals surface area contributed by atoms with Gasteiger partial charge in [0, 0.05) is 11.4 Å². The van der Waals surface area contributed by atoms with Crippen molar-refractivity contribution in [3.63, 3.8) is 0 Å². The van der Waals surface area contributed by atoms with E-state index in [1.807, 2.05) is 18.3 Å². The lowest BCUT2D eigenvalue weighted by atomic mass is 10.0. The Kier molecular flexibility index (Phi) is 2.83. The van der Waals surface area contributed by atoms with Crippen molar-refractivity contribution in [3.8, 4) is 0 Å². The second-order valence-electron chi connectivity index (χ2n) is 4.63. The van der Waals surface area contributed by atoms with Crippen molar-refractivity contribution in [2.75, 3.05) is 11.4 Å². The zero-order valence-electron chi connectivity index (χ0n) is 10.5. The summed E-state index contributed by atoms with van der Waals surface area (Å²) in [6.07, 6.45) is 1.03. The third-order valence-electron chi connectivity index (χ3n) is 3.34. The van der Waals surface area contributed by atoms with Crippen molar-refractivity contribution in [2.45, 2.75) is 32.4 Å². The highest BCUT2D eigenvalue weighted by Crippen LogP contribution is 2.35. The molecule has 0 aliphatic carbocycles. The van der Waals surface area contributed by atoms with E-state index in [0.717, 1.165) is 13.0 Å². The molecule has 0 saturated heterocycles. The minimum absolute atomic E-state index is 0.219. The number of thiophene rings is 1. The normalized spacial score (nSPS) is 20.8. The zero-order chi connectivity index (χ0) is 12.7. The van der Waals surface area contributed by atoms with E-state index < -0.39 is 0 Å². The summed E-state index contributed by atoms with van der Waals surface area (Å²) in [5.41, 5.74) is 7.11. The third kappa shape index (κ3) is 1.81. The molecule has 2 aromatic heterocycles. The van der Waals surface area contributed by atoms with Gasteiger partial charge in [0.1, 0.15) is 0 Å². The van der Waals surface area contributed by atoms with Crippen LogP contribution in [0.25, 0.3) is 0 Å². The molecule has 2 aromatic rings. The van der Waals surface area contributed by atoms with Crippen molar-refractivity contribution in [1.82, 2.24) is 10.2 Å². The van der Waals surface area contributed by atoms with Crippen LogP contribution in [0.5, 0.6) is 0 Å². The largest absolute Gasteiger partial charge is 0.406 e. The van der Waals surface area contributed by atoms with E-state index in [4.69, 9.17) is 10.2 Å². The van der Waals surface area contributed by atoms with Crippen LogP contribution in [0.3, 0.4) is 0 Å². The van der Waals surface area contributed by atoms with Gasteiger partial charge in [-0.25, -0.2) is 0 Å². The molecule has 96 valence electrons. The molecular formula is C12H16N4OS. The maximum atomic E-state index is 5.74. The average Bonchev–Trinajstić information content (AvgIpc) is 2.97. The first-order chi connectivity index (χ1) is 8.66. The molecule has 0 fully saturated rings. The molecular weight excluding hydrogens is 248 g/mol. The molecule has 2 atom stereocenters. The first-order valence-corrected chi connectivity index (χ1v) is 6.96. The quantitative estimate of drug-likeness (QED) is 0.901. The summed E-state index contributed by atoms with van der Waals surface area (Å²) in [6.45, 7) is 4.92. The first kappa shape index (κ1) is 11.7. The van der Waals surface area contributed by atoms with E-state index in [9.17, 15) is 0 Å². The fraction of sp³-hybridized carbons (Fsp3) is 0.500. The van der Waals surface area contributed by atoms with E-state index in [-0.39, 0.29) is 12.1 Å². The Balaban J connectivity index is 1.89. The predicted octanol–water partition coefficient (Wildman–Crippen LogP) is 2.27. The summed E-state index contributed by atoms with van der Waals surface area (Å²) in [7, 11) is 0. The molecule has 1 aliphatic heterocycles. The van der Waals surface area contributed by atoms with Crippen LogP contribution in [-0.2, 0) is 6.42 Å². The van der Waals surface area contributed by atoms with Gasteiger partial charge in [-0.15, -0.1) is 16.4 Å². The molecule has 0 saturated carbocycles. The number of anilines is 1. The molecule has 1 aliphatic rings. The summed E-state index contributed by atoms with van der Waals surface area (Å²) in [5.74, 6) is 0.494. The Morgan fingerprint density at radius 3 is 3.11 bits per heavy atom. The van der Waals surface area contributed by atoms with E-state index in [2.05, 4.69) is 33.5 Å². The van der Waals surface area contributed by atoms with Gasteiger partial charge in [0.2, 0.25) is 5.89 Å². The summed E-state index contributed by atoms with van der Waals surface area (Å²) in [4.78, 5) is 3.61. The Morgan fingerprint density at radius 2 is 2.39 bits per heavy atom. The van der Waals surface area contributed by atoms with E-state index in [0.29, 0.717) is 11.9 Å². The highest BCUT2D eigenvalue weighted by atomic mass is 32.1. The fourth-order valence-corrected chi connectivity index (χ4v) is 3.26. The molecule has 0 spiro atoms. The number of aromatic nitrogens is 2. The van der Waals surface area contributed by atoms with Gasteiger partial charge in [0.15, 0.2) is 0 Å². The Morgan fingerprint density at radius 1 is 1.56 bits per heavy atom. The van der Waals surface area contributed by atoms with Crippen LogP contribution in [0.15, 0.2) is 15.9 Å². The smallest absolute Gasteiger partial charge is 0.318 e. The fourth-order valence-electron chi connectivity index (χ4n) is 2.30. The zero-order valence-corrected chi connectivity index (χ0v) is 11.3. The topological polar surface area (TPSA) is 68.2 Å². The summed E-state index contributed by atoms with van der Waals surface area (Å²) in [6, 6.07) is 2.82.